The summed E-state index contributed by atoms with van der Waals surface area (Å²) in [6.07, 6.45) is 3.81. The fraction of sp³-hybridized carbons (Fsp3) is 0.368. The van der Waals surface area contributed by atoms with Gasteiger partial charge in [0, 0.05) is 17.3 Å². The molecule has 0 saturated carbocycles. The van der Waals surface area contributed by atoms with E-state index in [1.54, 1.807) is 24.3 Å². The summed E-state index contributed by atoms with van der Waals surface area (Å²) in [5.41, 5.74) is 1.68. The second-order valence-corrected chi connectivity index (χ2v) is 8.52. The molecule has 1 heterocycles. The summed E-state index contributed by atoms with van der Waals surface area (Å²) < 4.78 is 33.1. The molecule has 0 aromatic heterocycles. The number of nitrogens with one attached hydrogen (secondary N) is 1. The lowest BCUT2D eigenvalue weighted by Crippen LogP contribution is -2.29. The fourth-order valence-electron chi connectivity index (χ4n) is 3.12. The van der Waals surface area contributed by atoms with Crippen LogP contribution in [-0.2, 0) is 16.6 Å². The van der Waals surface area contributed by atoms with E-state index in [-0.39, 0.29) is 10.6 Å². The predicted molar refractivity (Wildman–Crippen MR) is 104 cm³/mol. The van der Waals surface area contributed by atoms with Crippen molar-refractivity contribution in [2.45, 2.75) is 30.7 Å². The summed E-state index contributed by atoms with van der Waals surface area (Å²) in [6.45, 7) is 3.15. The molecule has 7 heteroatoms. The average Bonchev–Trinajstić information content (AvgIpc) is 2.64. The molecule has 2 aromatic carbocycles. The first-order valence-electron chi connectivity index (χ1n) is 8.65. The maximum atomic E-state index is 12.7. The Morgan fingerprint density at radius 2 is 1.77 bits per heavy atom. The third-order valence-electron chi connectivity index (χ3n) is 4.48. The highest BCUT2D eigenvalue weighted by Crippen LogP contribution is 2.28. The minimum Gasteiger partial charge on any atom is -0.495 e. The van der Waals surface area contributed by atoms with Gasteiger partial charge in [-0.2, -0.15) is 0 Å². The van der Waals surface area contributed by atoms with Crippen molar-refractivity contribution in [3.63, 3.8) is 0 Å². The molecule has 5 nitrogen and oxygen atoms in total. The van der Waals surface area contributed by atoms with Crippen molar-refractivity contribution in [1.29, 1.82) is 0 Å². The molecule has 26 heavy (non-hydrogen) atoms. The van der Waals surface area contributed by atoms with Crippen LogP contribution in [0.25, 0.3) is 0 Å². The number of methoxy groups -OCH3 is 1. The number of hydrogen-bond acceptors (Lipinski definition) is 4. The molecule has 3 rings (SSSR count). The smallest absolute Gasteiger partial charge is 0.265 e. The maximum Gasteiger partial charge on any atom is 0.265 e. The molecule has 140 valence electrons. The lowest BCUT2D eigenvalue weighted by Gasteiger charge is -2.26. The van der Waals surface area contributed by atoms with Crippen LogP contribution in [0.5, 0.6) is 5.75 Å². The van der Waals surface area contributed by atoms with E-state index in [2.05, 4.69) is 9.62 Å². The number of likely N-dealkylation sites (tertiary alicyclic amines) is 1. The van der Waals surface area contributed by atoms with Crippen molar-refractivity contribution >= 4 is 27.3 Å². The van der Waals surface area contributed by atoms with E-state index in [1.807, 2.05) is 12.1 Å². The van der Waals surface area contributed by atoms with E-state index >= 15 is 0 Å². The highest BCUT2D eigenvalue weighted by atomic mass is 35.5. The van der Waals surface area contributed by atoms with Crippen molar-refractivity contribution < 1.29 is 13.2 Å². The average molecular weight is 395 g/mol. The second-order valence-electron chi connectivity index (χ2n) is 6.43. The fourth-order valence-corrected chi connectivity index (χ4v) is 4.62. The van der Waals surface area contributed by atoms with Gasteiger partial charge in [-0.15, -0.1) is 0 Å². The Hall–Kier alpha value is -1.76. The Balaban J connectivity index is 1.73. The number of anilines is 1. The zero-order chi connectivity index (χ0) is 18.6. The zero-order valence-electron chi connectivity index (χ0n) is 14.7. The Morgan fingerprint density at radius 3 is 2.42 bits per heavy atom. The normalized spacial score (nSPS) is 15.6. The number of halogens is 1. The van der Waals surface area contributed by atoms with Gasteiger partial charge in [0.15, 0.2) is 0 Å². The SMILES string of the molecule is COc1ccc(Cl)cc1S(=O)(=O)Nc1ccc(CN2CCCCC2)cc1. The molecule has 0 unspecified atom stereocenters. The Labute approximate surface area is 160 Å². The van der Waals surface area contributed by atoms with Crippen molar-refractivity contribution in [2.24, 2.45) is 0 Å². The van der Waals surface area contributed by atoms with E-state index in [9.17, 15) is 8.42 Å². The van der Waals surface area contributed by atoms with Crippen LogP contribution < -0.4 is 9.46 Å². The molecular formula is C19H23ClN2O3S. The number of nitrogens with zero attached hydrogens (tertiary/aromatic N) is 1. The van der Waals surface area contributed by atoms with Gasteiger partial charge in [0.05, 0.1) is 7.11 Å². The van der Waals surface area contributed by atoms with E-state index in [0.717, 1.165) is 19.6 Å². The van der Waals surface area contributed by atoms with Gasteiger partial charge in [-0.25, -0.2) is 8.42 Å². The highest BCUT2D eigenvalue weighted by Gasteiger charge is 2.20. The highest BCUT2D eigenvalue weighted by molar-refractivity contribution is 7.92. The number of hydrogen-bond donors (Lipinski definition) is 1. The summed E-state index contributed by atoms with van der Waals surface area (Å²) in [5, 5.41) is 0.336. The van der Waals surface area contributed by atoms with Gasteiger partial charge >= 0.3 is 0 Å². The third kappa shape index (κ3) is 4.69. The molecule has 1 aliphatic heterocycles. The third-order valence-corrected chi connectivity index (χ3v) is 6.11. The van der Waals surface area contributed by atoms with Gasteiger partial charge < -0.3 is 4.74 Å². The molecule has 1 saturated heterocycles. The molecule has 0 spiro atoms. The van der Waals surface area contributed by atoms with Crippen molar-refractivity contribution in [2.75, 3.05) is 24.9 Å². The van der Waals surface area contributed by atoms with E-state index in [1.165, 1.54) is 38.0 Å². The van der Waals surface area contributed by atoms with Crippen LogP contribution in [0.2, 0.25) is 5.02 Å². The molecular weight excluding hydrogens is 372 g/mol. The standard InChI is InChI=1S/C19H23ClN2O3S/c1-25-18-10-7-16(20)13-19(18)26(23,24)21-17-8-5-15(6-9-17)14-22-11-3-2-4-12-22/h5-10,13,21H,2-4,11-12,14H2,1H3. The summed E-state index contributed by atoms with van der Waals surface area (Å²) in [7, 11) is -2.36. The van der Waals surface area contributed by atoms with Crippen molar-refractivity contribution in [3.05, 3.63) is 53.1 Å². The number of rotatable bonds is 6. The molecule has 1 aliphatic rings. The first-order chi connectivity index (χ1) is 12.5. The first kappa shape index (κ1) is 19.0. The van der Waals surface area contributed by atoms with Crippen molar-refractivity contribution in [3.8, 4) is 5.75 Å². The molecule has 1 fully saturated rings. The van der Waals surface area contributed by atoms with Crippen LogP contribution in [0.3, 0.4) is 0 Å². The van der Waals surface area contributed by atoms with Crippen LogP contribution in [0.15, 0.2) is 47.4 Å². The van der Waals surface area contributed by atoms with E-state index in [0.29, 0.717) is 10.7 Å². The monoisotopic (exact) mass is 394 g/mol. The molecule has 0 radical (unpaired) electrons. The Morgan fingerprint density at radius 1 is 1.08 bits per heavy atom. The molecule has 1 N–H and O–H groups in total. The predicted octanol–water partition coefficient (Wildman–Crippen LogP) is 4.14. The summed E-state index contributed by atoms with van der Waals surface area (Å²) >= 11 is 5.94. The molecule has 0 amide bonds. The quantitative estimate of drug-likeness (QED) is 0.800. The number of ether oxygens (including phenoxy) is 1. The van der Waals surface area contributed by atoms with Crippen LogP contribution in [0, 0.1) is 0 Å². The van der Waals surface area contributed by atoms with Gasteiger partial charge in [0.2, 0.25) is 0 Å². The maximum absolute atomic E-state index is 12.7. The van der Waals surface area contributed by atoms with Gasteiger partial charge in [0.25, 0.3) is 10.0 Å². The van der Waals surface area contributed by atoms with Crippen LogP contribution in [-0.4, -0.2) is 33.5 Å². The van der Waals surface area contributed by atoms with Gasteiger partial charge in [-0.1, -0.05) is 30.2 Å². The van der Waals surface area contributed by atoms with Crippen LogP contribution >= 0.6 is 11.6 Å². The van der Waals surface area contributed by atoms with Gasteiger partial charge in [-0.3, -0.25) is 9.62 Å². The molecule has 0 bridgehead atoms. The minimum absolute atomic E-state index is 0.0184. The molecule has 0 aliphatic carbocycles. The summed E-state index contributed by atoms with van der Waals surface area (Å²) in [5.74, 6) is 0.253. The molecule has 2 aromatic rings. The van der Waals surface area contributed by atoms with Gasteiger partial charge in [0.1, 0.15) is 10.6 Å². The second kappa shape index (κ2) is 8.29. The lowest BCUT2D eigenvalue weighted by atomic mass is 10.1. The van der Waals surface area contributed by atoms with Crippen LogP contribution in [0.1, 0.15) is 24.8 Å². The summed E-state index contributed by atoms with van der Waals surface area (Å²) in [6, 6.07) is 12.0. The number of piperidine rings is 1. The zero-order valence-corrected chi connectivity index (χ0v) is 16.3. The van der Waals surface area contributed by atoms with Crippen molar-refractivity contribution in [1.82, 2.24) is 4.90 Å². The largest absolute Gasteiger partial charge is 0.495 e. The lowest BCUT2D eigenvalue weighted by molar-refractivity contribution is 0.221. The first-order valence-corrected chi connectivity index (χ1v) is 10.5. The number of benzene rings is 2. The Bertz CT molecular complexity index is 848. The van der Waals surface area contributed by atoms with Gasteiger partial charge in [-0.05, 0) is 61.8 Å². The van der Waals surface area contributed by atoms with E-state index in [4.69, 9.17) is 16.3 Å². The van der Waals surface area contributed by atoms with E-state index < -0.39 is 10.0 Å². The minimum atomic E-state index is -3.79. The topological polar surface area (TPSA) is 58.6 Å². The number of sulfonamides is 1. The molecule has 0 atom stereocenters. The Kier molecular flexibility index (Phi) is 6.06. The summed E-state index contributed by atoms with van der Waals surface area (Å²) in [4.78, 5) is 2.45. The van der Waals surface area contributed by atoms with Crippen LogP contribution in [0.4, 0.5) is 5.69 Å².